The molecule has 0 bridgehead atoms. The van der Waals surface area contributed by atoms with Gasteiger partial charge in [-0.05, 0) is 95.2 Å². The minimum absolute atomic E-state index is 0.0691. The van der Waals surface area contributed by atoms with Gasteiger partial charge in [-0.25, -0.2) is 4.79 Å². The van der Waals surface area contributed by atoms with Gasteiger partial charge in [0.15, 0.2) is 0 Å². The molecule has 230 valence electrons. The van der Waals surface area contributed by atoms with E-state index in [0.29, 0.717) is 6.42 Å². The molecule has 0 aliphatic heterocycles. The first-order valence-corrected chi connectivity index (χ1v) is 15.3. The molecular formula is C34H49N3O5. The third-order valence-electron chi connectivity index (χ3n) is 7.98. The van der Waals surface area contributed by atoms with Crippen LogP contribution in [0.5, 0.6) is 5.75 Å². The smallest absolute Gasteiger partial charge is 0.408 e. The van der Waals surface area contributed by atoms with Crippen LogP contribution < -0.4 is 10.6 Å². The Morgan fingerprint density at radius 2 is 1.60 bits per heavy atom. The number of aryl methyl sites for hydroxylation is 2. The minimum atomic E-state index is -1.01. The van der Waals surface area contributed by atoms with Crippen molar-refractivity contribution in [1.29, 1.82) is 0 Å². The molecule has 8 heteroatoms. The van der Waals surface area contributed by atoms with Gasteiger partial charge in [-0.1, -0.05) is 56.5 Å². The molecule has 3 rings (SSSR count). The molecule has 0 radical (unpaired) electrons. The average molecular weight is 580 g/mol. The maximum atomic E-state index is 14.7. The number of ether oxygens (including phenoxy) is 1. The van der Waals surface area contributed by atoms with E-state index < -0.39 is 23.8 Å². The van der Waals surface area contributed by atoms with Crippen molar-refractivity contribution in [2.75, 3.05) is 0 Å². The van der Waals surface area contributed by atoms with Gasteiger partial charge in [0.2, 0.25) is 11.8 Å². The van der Waals surface area contributed by atoms with Gasteiger partial charge in [-0.15, -0.1) is 0 Å². The highest BCUT2D eigenvalue weighted by Gasteiger charge is 2.40. The monoisotopic (exact) mass is 579 g/mol. The second-order valence-electron chi connectivity index (χ2n) is 12.6. The van der Waals surface area contributed by atoms with Crippen LogP contribution in [0.1, 0.15) is 101 Å². The maximum Gasteiger partial charge on any atom is 0.408 e. The fourth-order valence-electron chi connectivity index (χ4n) is 5.68. The number of hydrogen-bond donors (Lipinski definition) is 3. The van der Waals surface area contributed by atoms with Gasteiger partial charge in [0.05, 0.1) is 0 Å². The molecule has 1 fully saturated rings. The standard InChI is InChI=1S/C34H49N3O5/c1-8-24(4)37(30(29-22(2)13-12-14-23(29)3)31(39)35-26-15-10-9-11-16-26)32(40)28(36-33(41)42-34(5,6)7)21-25-17-19-27(38)20-18-25/h12-14,17-20,24,26,28,30,38H,8-11,15-16,21H2,1-7H3,(H,35,39)(H,36,41). The molecule has 1 aliphatic carbocycles. The predicted octanol–water partition coefficient (Wildman–Crippen LogP) is 6.26. The van der Waals surface area contributed by atoms with Crippen LogP contribution in [-0.2, 0) is 20.7 Å². The van der Waals surface area contributed by atoms with E-state index in [-0.39, 0.29) is 36.1 Å². The Bertz CT molecular complexity index is 1190. The lowest BCUT2D eigenvalue weighted by molar-refractivity contribution is -0.145. The maximum absolute atomic E-state index is 14.7. The molecule has 42 heavy (non-hydrogen) atoms. The summed E-state index contributed by atoms with van der Waals surface area (Å²) in [6, 6.07) is 10.3. The van der Waals surface area contributed by atoms with Crippen LogP contribution in [0.25, 0.3) is 0 Å². The molecule has 3 atom stereocenters. The molecule has 1 saturated carbocycles. The van der Waals surface area contributed by atoms with Crippen LogP contribution >= 0.6 is 0 Å². The third kappa shape index (κ3) is 8.97. The number of rotatable bonds is 10. The molecule has 0 heterocycles. The van der Waals surface area contributed by atoms with E-state index in [1.54, 1.807) is 49.9 Å². The fraction of sp³-hybridized carbons (Fsp3) is 0.559. The van der Waals surface area contributed by atoms with Crippen LogP contribution in [0.2, 0.25) is 0 Å². The van der Waals surface area contributed by atoms with E-state index in [0.717, 1.165) is 47.9 Å². The van der Waals surface area contributed by atoms with Crippen molar-refractivity contribution in [3.8, 4) is 5.75 Å². The topological polar surface area (TPSA) is 108 Å². The molecule has 1 aliphatic rings. The van der Waals surface area contributed by atoms with Gasteiger partial charge in [0, 0.05) is 18.5 Å². The van der Waals surface area contributed by atoms with Crippen molar-refractivity contribution in [1.82, 2.24) is 15.5 Å². The van der Waals surface area contributed by atoms with Crippen LogP contribution in [0.15, 0.2) is 42.5 Å². The quantitative estimate of drug-likeness (QED) is 0.308. The summed E-state index contributed by atoms with van der Waals surface area (Å²) in [5, 5.41) is 15.9. The van der Waals surface area contributed by atoms with E-state index in [1.165, 1.54) is 6.42 Å². The summed E-state index contributed by atoms with van der Waals surface area (Å²) in [6.07, 6.45) is 5.22. The lowest BCUT2D eigenvalue weighted by Crippen LogP contribution is -2.57. The Balaban J connectivity index is 2.09. The number of carbonyl (C=O) groups excluding carboxylic acids is 3. The lowest BCUT2D eigenvalue weighted by atomic mass is 9.90. The van der Waals surface area contributed by atoms with Crippen LogP contribution in [-0.4, -0.2) is 51.6 Å². The Morgan fingerprint density at radius 1 is 1.00 bits per heavy atom. The van der Waals surface area contributed by atoms with Gasteiger partial charge < -0.3 is 25.4 Å². The van der Waals surface area contributed by atoms with Crippen molar-refractivity contribution in [2.24, 2.45) is 0 Å². The van der Waals surface area contributed by atoms with E-state index in [9.17, 15) is 19.5 Å². The van der Waals surface area contributed by atoms with Crippen molar-refractivity contribution in [2.45, 2.75) is 123 Å². The summed E-state index contributed by atoms with van der Waals surface area (Å²) in [4.78, 5) is 43.6. The van der Waals surface area contributed by atoms with Gasteiger partial charge >= 0.3 is 6.09 Å². The Labute approximate surface area is 251 Å². The summed E-state index contributed by atoms with van der Waals surface area (Å²) in [6.45, 7) is 13.2. The first-order valence-electron chi connectivity index (χ1n) is 15.3. The van der Waals surface area contributed by atoms with Gasteiger partial charge in [-0.3, -0.25) is 9.59 Å². The number of benzene rings is 2. The predicted molar refractivity (Wildman–Crippen MR) is 165 cm³/mol. The second-order valence-corrected chi connectivity index (χ2v) is 12.6. The molecule has 3 unspecified atom stereocenters. The number of phenolic OH excluding ortho intramolecular Hbond substituents is 1. The summed E-state index contributed by atoms with van der Waals surface area (Å²) >= 11 is 0. The van der Waals surface area contributed by atoms with Crippen LogP contribution in [0.3, 0.4) is 0 Å². The SMILES string of the molecule is CCC(C)N(C(=O)C(Cc1ccc(O)cc1)NC(=O)OC(C)(C)C)C(C(=O)NC1CCCCC1)c1c(C)cccc1C. The molecule has 3 amide bonds. The van der Waals surface area contributed by atoms with Gasteiger partial charge in [0.1, 0.15) is 23.4 Å². The number of nitrogens with zero attached hydrogens (tertiary/aromatic N) is 1. The van der Waals surface area contributed by atoms with Crippen molar-refractivity contribution >= 4 is 17.9 Å². The number of phenols is 1. The largest absolute Gasteiger partial charge is 0.508 e. The normalized spacial score (nSPS) is 16.2. The first-order chi connectivity index (χ1) is 19.8. The summed E-state index contributed by atoms with van der Waals surface area (Å²) < 4.78 is 5.53. The van der Waals surface area contributed by atoms with Crippen molar-refractivity contribution in [3.63, 3.8) is 0 Å². The highest BCUT2D eigenvalue weighted by molar-refractivity contribution is 5.93. The van der Waals surface area contributed by atoms with Gasteiger partial charge in [0.25, 0.3) is 0 Å². The van der Waals surface area contributed by atoms with Crippen molar-refractivity contribution in [3.05, 3.63) is 64.7 Å². The number of alkyl carbamates (subject to hydrolysis) is 1. The van der Waals surface area contributed by atoms with Crippen LogP contribution in [0, 0.1) is 13.8 Å². The van der Waals surface area contributed by atoms with Gasteiger partial charge in [-0.2, -0.15) is 0 Å². The molecule has 2 aromatic rings. The molecule has 0 saturated heterocycles. The molecule has 0 aromatic heterocycles. The fourth-order valence-corrected chi connectivity index (χ4v) is 5.68. The Hall–Kier alpha value is -3.55. The Kier molecular flexibility index (Phi) is 11.4. The number of amides is 3. The average Bonchev–Trinajstić information content (AvgIpc) is 2.92. The summed E-state index contributed by atoms with van der Waals surface area (Å²) in [7, 11) is 0. The van der Waals surface area contributed by atoms with Crippen molar-refractivity contribution < 1.29 is 24.2 Å². The van der Waals surface area contributed by atoms with E-state index in [2.05, 4.69) is 10.6 Å². The van der Waals surface area contributed by atoms with Crippen LogP contribution in [0.4, 0.5) is 4.79 Å². The highest BCUT2D eigenvalue weighted by atomic mass is 16.6. The number of aromatic hydroxyl groups is 1. The lowest BCUT2D eigenvalue weighted by Gasteiger charge is -2.40. The molecule has 2 aromatic carbocycles. The summed E-state index contributed by atoms with van der Waals surface area (Å²) in [5.74, 6) is -0.458. The molecule has 3 N–H and O–H groups in total. The third-order valence-corrected chi connectivity index (χ3v) is 7.98. The zero-order valence-corrected chi connectivity index (χ0v) is 26.3. The highest BCUT2D eigenvalue weighted by Crippen LogP contribution is 2.32. The van der Waals surface area contributed by atoms with E-state index in [1.807, 2.05) is 45.9 Å². The zero-order chi connectivity index (χ0) is 31.0. The van der Waals surface area contributed by atoms with E-state index >= 15 is 0 Å². The summed E-state index contributed by atoms with van der Waals surface area (Å²) in [5.41, 5.74) is 2.65. The number of nitrogens with one attached hydrogen (secondary N) is 2. The molecule has 0 spiro atoms. The number of hydrogen-bond acceptors (Lipinski definition) is 5. The molecular weight excluding hydrogens is 530 g/mol. The second kappa shape index (κ2) is 14.6. The first kappa shape index (κ1) is 33.0. The number of carbonyl (C=O) groups is 3. The Morgan fingerprint density at radius 3 is 2.14 bits per heavy atom. The molecule has 8 nitrogen and oxygen atoms in total. The van der Waals surface area contributed by atoms with E-state index in [4.69, 9.17) is 4.74 Å². The minimum Gasteiger partial charge on any atom is -0.508 e. The zero-order valence-electron chi connectivity index (χ0n) is 26.3.